The largest absolute Gasteiger partial charge is 0.373 e. The van der Waals surface area contributed by atoms with Gasteiger partial charge in [-0.05, 0) is 69.9 Å². The van der Waals surface area contributed by atoms with Gasteiger partial charge in [-0.3, -0.25) is 4.89 Å². The van der Waals surface area contributed by atoms with Crippen LogP contribution < -0.4 is 0 Å². The fraction of sp³-hybridized carbons (Fsp3) is 0.520. The highest BCUT2D eigenvalue weighted by Crippen LogP contribution is 2.47. The minimum atomic E-state index is -2.73. The van der Waals surface area contributed by atoms with Crippen molar-refractivity contribution in [1.82, 2.24) is 9.58 Å². The highest BCUT2D eigenvalue weighted by molar-refractivity contribution is 9.10. The van der Waals surface area contributed by atoms with Gasteiger partial charge in [0.1, 0.15) is 26.5 Å². The third-order valence-corrected chi connectivity index (χ3v) is 8.52. The molecule has 0 radical (unpaired) electrons. The Morgan fingerprint density at radius 2 is 1.91 bits per heavy atom. The van der Waals surface area contributed by atoms with Gasteiger partial charge < -0.3 is 4.90 Å². The first-order chi connectivity index (χ1) is 16.5. The molecule has 0 spiro atoms. The topological polar surface area (TPSA) is 90.2 Å². The van der Waals surface area contributed by atoms with Crippen molar-refractivity contribution in [3.05, 3.63) is 58.9 Å². The van der Waals surface area contributed by atoms with E-state index in [0.717, 1.165) is 49.3 Å². The molecule has 10 heteroatoms. The number of benzene rings is 1. The van der Waals surface area contributed by atoms with E-state index in [1.165, 1.54) is 0 Å². The predicted octanol–water partition coefficient (Wildman–Crippen LogP) is 4.09. The Morgan fingerprint density at radius 3 is 2.54 bits per heavy atom. The van der Waals surface area contributed by atoms with E-state index in [4.69, 9.17) is 14.9 Å². The molecule has 2 unspecified atom stereocenters. The molecule has 2 atom stereocenters. The van der Waals surface area contributed by atoms with E-state index in [0.29, 0.717) is 11.4 Å². The standard InChI is InChI=1S/C25H32BrN3O5S/c1-5-19-11-12-20-21(17-9-8-10-18(15-17)22(30)33-34-24(2,3)4)25(26,16-35(31)32)23(27-29(19)20)28-13-6-7-14-28/h8-12,15,21,35H,5-7,13-14,16H2,1-4H3. The number of fused-ring (bicyclic) bond motifs is 1. The molecule has 1 saturated heterocycles. The molecule has 4 rings (SSSR count). The second-order valence-electron chi connectivity index (χ2n) is 10.0. The molecule has 0 amide bonds. The number of aryl methyl sites for hydroxylation is 1. The van der Waals surface area contributed by atoms with Crippen molar-refractivity contribution >= 4 is 38.4 Å². The second kappa shape index (κ2) is 10.1. The Bertz CT molecular complexity index is 1200. The van der Waals surface area contributed by atoms with Crippen LogP contribution in [0.1, 0.15) is 73.8 Å². The van der Waals surface area contributed by atoms with Crippen LogP contribution in [-0.4, -0.2) is 58.6 Å². The minimum absolute atomic E-state index is 0.128. The number of rotatable bonds is 6. The molecule has 2 aliphatic heterocycles. The molecule has 0 N–H and O–H groups in total. The number of likely N-dealkylation sites (tertiary alicyclic amines) is 1. The van der Waals surface area contributed by atoms with Crippen molar-refractivity contribution in [3.8, 4) is 0 Å². The van der Waals surface area contributed by atoms with Gasteiger partial charge in [0.05, 0.1) is 17.0 Å². The van der Waals surface area contributed by atoms with Crippen molar-refractivity contribution in [2.45, 2.75) is 62.8 Å². The molecule has 0 bridgehead atoms. The molecule has 2 aromatic rings. The number of halogens is 1. The van der Waals surface area contributed by atoms with Gasteiger partial charge >= 0.3 is 5.97 Å². The first-order valence-electron chi connectivity index (χ1n) is 11.9. The fourth-order valence-electron chi connectivity index (χ4n) is 4.73. The molecule has 1 aromatic carbocycles. The number of nitrogens with zero attached hydrogens (tertiary/aromatic N) is 3. The van der Waals surface area contributed by atoms with Crippen LogP contribution in [0, 0.1) is 0 Å². The summed E-state index contributed by atoms with van der Waals surface area (Å²) in [6, 6.07) is 11.1. The van der Waals surface area contributed by atoms with E-state index in [-0.39, 0.29) is 5.75 Å². The Kier molecular flexibility index (Phi) is 7.45. The van der Waals surface area contributed by atoms with Crippen LogP contribution in [0.5, 0.6) is 0 Å². The number of carbonyl (C=O) groups is 1. The van der Waals surface area contributed by atoms with E-state index in [2.05, 4.69) is 27.8 Å². The van der Waals surface area contributed by atoms with E-state index >= 15 is 0 Å². The van der Waals surface area contributed by atoms with Crippen LogP contribution >= 0.6 is 15.9 Å². The number of carbonyl (C=O) groups excluding carboxylic acids is 1. The summed E-state index contributed by atoms with van der Waals surface area (Å²) in [7, 11) is -2.73. The first kappa shape index (κ1) is 25.9. The van der Waals surface area contributed by atoms with Crippen LogP contribution in [0.2, 0.25) is 0 Å². The SMILES string of the molecule is CCc1ccc2n1N=C(N1CCCC1)C(Br)(C[SH](=O)=O)C2c1cccc(C(=O)OOC(C)(C)C)c1. The minimum Gasteiger partial charge on any atom is -0.357 e. The van der Waals surface area contributed by atoms with Gasteiger partial charge in [0.15, 0.2) is 0 Å². The number of thiol groups is 1. The van der Waals surface area contributed by atoms with Gasteiger partial charge in [-0.1, -0.05) is 35.0 Å². The van der Waals surface area contributed by atoms with Crippen LogP contribution in [0.25, 0.3) is 0 Å². The summed E-state index contributed by atoms with van der Waals surface area (Å²) >= 11 is 3.89. The summed E-state index contributed by atoms with van der Waals surface area (Å²) in [5.41, 5.74) is 2.39. The Labute approximate surface area is 216 Å². The van der Waals surface area contributed by atoms with Gasteiger partial charge in [0.25, 0.3) is 0 Å². The lowest BCUT2D eigenvalue weighted by Gasteiger charge is -2.42. The van der Waals surface area contributed by atoms with Crippen LogP contribution in [0.4, 0.5) is 0 Å². The number of aromatic nitrogens is 1. The van der Waals surface area contributed by atoms with Gasteiger partial charge in [0.2, 0.25) is 0 Å². The predicted molar refractivity (Wildman–Crippen MR) is 139 cm³/mol. The van der Waals surface area contributed by atoms with E-state index in [9.17, 15) is 13.2 Å². The van der Waals surface area contributed by atoms with Crippen LogP contribution in [-0.2, 0) is 26.9 Å². The highest BCUT2D eigenvalue weighted by atomic mass is 79.9. The van der Waals surface area contributed by atoms with Crippen molar-refractivity contribution < 1.29 is 23.0 Å². The number of hydrogen-bond acceptors (Lipinski definition) is 7. The van der Waals surface area contributed by atoms with Crippen molar-refractivity contribution in [2.24, 2.45) is 5.10 Å². The lowest BCUT2D eigenvalue weighted by molar-refractivity contribution is -0.301. The molecule has 1 fully saturated rings. The number of hydrogen-bond donors (Lipinski definition) is 1. The Morgan fingerprint density at radius 1 is 1.20 bits per heavy atom. The number of alkyl halides is 1. The zero-order chi connectivity index (χ0) is 25.4. The van der Waals surface area contributed by atoms with E-state index in [1.807, 2.05) is 22.9 Å². The average molecular weight is 567 g/mol. The van der Waals surface area contributed by atoms with Crippen molar-refractivity contribution in [3.63, 3.8) is 0 Å². The fourth-order valence-corrected chi connectivity index (χ4v) is 6.88. The van der Waals surface area contributed by atoms with Gasteiger partial charge in [-0.2, -0.15) is 9.99 Å². The average Bonchev–Trinajstić information content (AvgIpc) is 3.45. The molecule has 8 nitrogen and oxygen atoms in total. The Balaban J connectivity index is 1.84. The second-order valence-corrected chi connectivity index (χ2v) is 12.4. The third kappa shape index (κ3) is 5.34. The summed E-state index contributed by atoms with van der Waals surface area (Å²) in [5.74, 6) is -0.427. The van der Waals surface area contributed by atoms with Gasteiger partial charge in [-0.15, -0.1) is 0 Å². The quantitative estimate of drug-likeness (QED) is 0.245. The summed E-state index contributed by atoms with van der Waals surface area (Å²) in [6.45, 7) is 9.09. The van der Waals surface area contributed by atoms with E-state index < -0.39 is 32.5 Å². The van der Waals surface area contributed by atoms with Crippen molar-refractivity contribution in [1.29, 1.82) is 0 Å². The monoisotopic (exact) mass is 565 g/mol. The highest BCUT2D eigenvalue weighted by Gasteiger charge is 2.50. The number of amidine groups is 1. The summed E-state index contributed by atoms with van der Waals surface area (Å²) in [6.07, 6.45) is 2.85. The lowest BCUT2D eigenvalue weighted by Crippen LogP contribution is -2.53. The summed E-state index contributed by atoms with van der Waals surface area (Å²) in [5, 5.41) is 4.99. The molecule has 3 heterocycles. The lowest BCUT2D eigenvalue weighted by atomic mass is 9.81. The first-order valence-corrected chi connectivity index (χ1v) is 14.0. The molecule has 0 aliphatic carbocycles. The zero-order valence-electron chi connectivity index (χ0n) is 20.5. The Hall–Kier alpha value is -2.17. The van der Waals surface area contributed by atoms with Crippen LogP contribution in [0.3, 0.4) is 0 Å². The normalized spacial score (nSPS) is 22.3. The maximum absolute atomic E-state index is 12.7. The van der Waals surface area contributed by atoms with E-state index in [1.54, 1.807) is 39.0 Å². The maximum Gasteiger partial charge on any atom is 0.373 e. The molecular weight excluding hydrogens is 534 g/mol. The van der Waals surface area contributed by atoms with Crippen molar-refractivity contribution in [2.75, 3.05) is 18.8 Å². The molecular formula is C25H32BrN3O5S. The smallest absolute Gasteiger partial charge is 0.357 e. The molecule has 190 valence electrons. The summed E-state index contributed by atoms with van der Waals surface area (Å²) < 4.78 is 25.3. The molecule has 35 heavy (non-hydrogen) atoms. The summed E-state index contributed by atoms with van der Waals surface area (Å²) in [4.78, 5) is 25.2. The molecule has 1 aromatic heterocycles. The van der Waals surface area contributed by atoms with Crippen LogP contribution in [0.15, 0.2) is 41.5 Å². The van der Waals surface area contributed by atoms with Gasteiger partial charge in [0, 0.05) is 24.7 Å². The molecule has 2 aliphatic rings. The van der Waals surface area contributed by atoms with Gasteiger partial charge in [-0.25, -0.2) is 17.9 Å². The molecule has 0 saturated carbocycles. The third-order valence-electron chi connectivity index (χ3n) is 6.23. The maximum atomic E-state index is 12.7. The zero-order valence-corrected chi connectivity index (χ0v) is 23.0.